The SMILES string of the molecule is CCN(CC)C(=O)C1CC(C)CCN1. The highest BCUT2D eigenvalue weighted by molar-refractivity contribution is 5.82. The van der Waals surface area contributed by atoms with Crippen LogP contribution in [0.15, 0.2) is 0 Å². The largest absolute Gasteiger partial charge is 0.342 e. The molecule has 1 saturated heterocycles. The Morgan fingerprint density at radius 2 is 2.07 bits per heavy atom. The van der Waals surface area contributed by atoms with Gasteiger partial charge >= 0.3 is 0 Å². The summed E-state index contributed by atoms with van der Waals surface area (Å²) in [4.78, 5) is 13.9. The van der Waals surface area contributed by atoms with Gasteiger partial charge in [-0.15, -0.1) is 0 Å². The Labute approximate surface area is 86.9 Å². The highest BCUT2D eigenvalue weighted by Crippen LogP contribution is 2.16. The number of nitrogens with one attached hydrogen (secondary N) is 1. The van der Waals surface area contributed by atoms with Gasteiger partial charge in [-0.05, 0) is 39.2 Å². The summed E-state index contributed by atoms with van der Waals surface area (Å²) in [5, 5.41) is 3.31. The molecule has 14 heavy (non-hydrogen) atoms. The molecule has 2 atom stereocenters. The molecule has 0 aromatic rings. The van der Waals surface area contributed by atoms with Gasteiger partial charge in [0.2, 0.25) is 5.91 Å². The van der Waals surface area contributed by atoms with Crippen LogP contribution in [-0.4, -0.2) is 36.5 Å². The van der Waals surface area contributed by atoms with Gasteiger partial charge in [-0.3, -0.25) is 4.79 Å². The Morgan fingerprint density at radius 1 is 1.43 bits per heavy atom. The first-order chi connectivity index (χ1) is 6.69. The van der Waals surface area contributed by atoms with E-state index in [1.54, 1.807) is 0 Å². The summed E-state index contributed by atoms with van der Waals surface area (Å²) in [6, 6.07) is 0.0682. The van der Waals surface area contributed by atoms with Gasteiger partial charge in [-0.25, -0.2) is 0 Å². The second kappa shape index (κ2) is 5.35. The number of carbonyl (C=O) groups is 1. The molecule has 0 bridgehead atoms. The maximum absolute atomic E-state index is 12.0. The highest BCUT2D eigenvalue weighted by Gasteiger charge is 2.26. The summed E-state index contributed by atoms with van der Waals surface area (Å²) in [5.74, 6) is 0.960. The van der Waals surface area contributed by atoms with Crippen molar-refractivity contribution in [1.29, 1.82) is 0 Å². The fraction of sp³-hybridized carbons (Fsp3) is 0.909. The van der Waals surface area contributed by atoms with Crippen LogP contribution in [0.1, 0.15) is 33.6 Å². The minimum absolute atomic E-state index is 0.0682. The van der Waals surface area contributed by atoms with Gasteiger partial charge in [0.25, 0.3) is 0 Å². The third kappa shape index (κ3) is 2.71. The van der Waals surface area contributed by atoms with E-state index in [9.17, 15) is 4.79 Å². The topological polar surface area (TPSA) is 32.3 Å². The number of amides is 1. The summed E-state index contributed by atoms with van der Waals surface area (Å²) in [6.07, 6.45) is 2.19. The van der Waals surface area contributed by atoms with E-state index in [0.29, 0.717) is 5.92 Å². The molecule has 1 fully saturated rings. The van der Waals surface area contributed by atoms with Crippen LogP contribution in [0.25, 0.3) is 0 Å². The predicted octanol–water partition coefficient (Wildman–Crippen LogP) is 1.24. The number of carbonyl (C=O) groups excluding carboxylic acids is 1. The molecule has 2 unspecified atom stereocenters. The van der Waals surface area contributed by atoms with Crippen molar-refractivity contribution in [3.05, 3.63) is 0 Å². The minimum Gasteiger partial charge on any atom is -0.342 e. The summed E-state index contributed by atoms with van der Waals surface area (Å²) < 4.78 is 0. The number of likely N-dealkylation sites (N-methyl/N-ethyl adjacent to an activating group) is 1. The molecule has 0 aliphatic carbocycles. The molecule has 1 heterocycles. The van der Waals surface area contributed by atoms with E-state index < -0.39 is 0 Å². The van der Waals surface area contributed by atoms with E-state index in [1.165, 1.54) is 6.42 Å². The van der Waals surface area contributed by atoms with Crippen molar-refractivity contribution in [3.8, 4) is 0 Å². The maximum Gasteiger partial charge on any atom is 0.239 e. The van der Waals surface area contributed by atoms with Crippen LogP contribution >= 0.6 is 0 Å². The Hall–Kier alpha value is -0.570. The lowest BCUT2D eigenvalue weighted by molar-refractivity contribution is -0.134. The second-order valence-electron chi connectivity index (χ2n) is 4.15. The third-order valence-electron chi connectivity index (χ3n) is 3.04. The lowest BCUT2D eigenvalue weighted by Crippen LogP contribution is -2.49. The number of piperidine rings is 1. The molecule has 0 radical (unpaired) electrons. The third-order valence-corrected chi connectivity index (χ3v) is 3.04. The minimum atomic E-state index is 0.0682. The van der Waals surface area contributed by atoms with Crippen LogP contribution in [0.2, 0.25) is 0 Å². The number of rotatable bonds is 3. The van der Waals surface area contributed by atoms with Crippen molar-refractivity contribution in [2.45, 2.75) is 39.7 Å². The second-order valence-corrected chi connectivity index (χ2v) is 4.15. The molecule has 0 spiro atoms. The zero-order chi connectivity index (χ0) is 10.6. The van der Waals surface area contributed by atoms with Crippen LogP contribution in [0, 0.1) is 5.92 Å². The molecule has 82 valence electrons. The molecule has 3 heteroatoms. The highest BCUT2D eigenvalue weighted by atomic mass is 16.2. The monoisotopic (exact) mass is 198 g/mol. The number of hydrogen-bond acceptors (Lipinski definition) is 2. The molecule has 3 nitrogen and oxygen atoms in total. The first kappa shape index (κ1) is 11.5. The van der Waals surface area contributed by atoms with E-state index >= 15 is 0 Å². The molecule has 0 aromatic heterocycles. The van der Waals surface area contributed by atoms with Crippen molar-refractivity contribution in [1.82, 2.24) is 10.2 Å². The van der Waals surface area contributed by atoms with E-state index in [1.807, 2.05) is 18.7 Å². The van der Waals surface area contributed by atoms with Gasteiger partial charge in [0.15, 0.2) is 0 Å². The van der Waals surface area contributed by atoms with Crippen molar-refractivity contribution in [2.24, 2.45) is 5.92 Å². The summed E-state index contributed by atoms with van der Waals surface area (Å²) >= 11 is 0. The molecule has 0 aromatic carbocycles. The van der Waals surface area contributed by atoms with Crippen LogP contribution in [0.5, 0.6) is 0 Å². The standard InChI is InChI=1S/C11H22N2O/c1-4-13(5-2)11(14)10-8-9(3)6-7-12-10/h9-10,12H,4-8H2,1-3H3. The molecule has 0 saturated carbocycles. The van der Waals surface area contributed by atoms with Gasteiger partial charge in [-0.1, -0.05) is 6.92 Å². The van der Waals surface area contributed by atoms with Gasteiger partial charge < -0.3 is 10.2 Å². The summed E-state index contributed by atoms with van der Waals surface area (Å²) in [5.41, 5.74) is 0. The van der Waals surface area contributed by atoms with E-state index in [-0.39, 0.29) is 11.9 Å². The Balaban J connectivity index is 2.50. The molecule has 1 rings (SSSR count). The lowest BCUT2D eigenvalue weighted by Gasteiger charge is -2.31. The van der Waals surface area contributed by atoms with E-state index in [2.05, 4.69) is 12.2 Å². The first-order valence-electron chi connectivity index (χ1n) is 5.71. The molecule has 1 aliphatic rings. The van der Waals surface area contributed by atoms with Crippen molar-refractivity contribution in [3.63, 3.8) is 0 Å². The fourth-order valence-electron chi connectivity index (χ4n) is 2.05. The number of hydrogen-bond donors (Lipinski definition) is 1. The van der Waals surface area contributed by atoms with Crippen LogP contribution < -0.4 is 5.32 Å². The molecular weight excluding hydrogens is 176 g/mol. The van der Waals surface area contributed by atoms with E-state index in [4.69, 9.17) is 0 Å². The van der Waals surface area contributed by atoms with Gasteiger partial charge in [0, 0.05) is 13.1 Å². The summed E-state index contributed by atoms with van der Waals surface area (Å²) in [6.45, 7) is 8.92. The molecule has 1 amide bonds. The van der Waals surface area contributed by atoms with Crippen LogP contribution in [0.3, 0.4) is 0 Å². The maximum atomic E-state index is 12.0. The van der Waals surface area contributed by atoms with Gasteiger partial charge in [0.05, 0.1) is 6.04 Å². The Morgan fingerprint density at radius 3 is 2.57 bits per heavy atom. The van der Waals surface area contributed by atoms with Crippen molar-refractivity contribution < 1.29 is 4.79 Å². The number of nitrogens with zero attached hydrogens (tertiary/aromatic N) is 1. The van der Waals surface area contributed by atoms with Crippen molar-refractivity contribution >= 4 is 5.91 Å². The summed E-state index contributed by atoms with van der Waals surface area (Å²) in [7, 11) is 0. The quantitative estimate of drug-likeness (QED) is 0.740. The molecule has 1 N–H and O–H groups in total. The van der Waals surface area contributed by atoms with E-state index in [0.717, 1.165) is 26.1 Å². The zero-order valence-electron chi connectivity index (χ0n) is 9.55. The first-order valence-corrected chi connectivity index (χ1v) is 5.71. The molecule has 1 aliphatic heterocycles. The fourth-order valence-corrected chi connectivity index (χ4v) is 2.05. The molecular formula is C11H22N2O. The lowest BCUT2D eigenvalue weighted by atomic mass is 9.93. The smallest absolute Gasteiger partial charge is 0.239 e. The van der Waals surface area contributed by atoms with Crippen LogP contribution in [0.4, 0.5) is 0 Å². The average molecular weight is 198 g/mol. The normalized spacial score (nSPS) is 27.4. The van der Waals surface area contributed by atoms with Gasteiger partial charge in [-0.2, -0.15) is 0 Å². The average Bonchev–Trinajstić information content (AvgIpc) is 2.19. The van der Waals surface area contributed by atoms with Crippen LogP contribution in [-0.2, 0) is 4.79 Å². The van der Waals surface area contributed by atoms with Gasteiger partial charge in [0.1, 0.15) is 0 Å². The predicted molar refractivity (Wildman–Crippen MR) is 58.1 cm³/mol. The van der Waals surface area contributed by atoms with Crippen molar-refractivity contribution in [2.75, 3.05) is 19.6 Å². The zero-order valence-corrected chi connectivity index (χ0v) is 9.55. The Kier molecular flexibility index (Phi) is 4.39. The Bertz CT molecular complexity index is 190.